The molecule has 0 aromatic heterocycles. The van der Waals surface area contributed by atoms with Crippen LogP contribution in [0.15, 0.2) is 59.8 Å². The Hall–Kier alpha value is -5.10. The molecule has 0 atom stereocenters. The predicted molar refractivity (Wildman–Crippen MR) is 170 cm³/mol. The number of amides is 2. The number of anilines is 3. The molecule has 0 heterocycles. The van der Waals surface area contributed by atoms with Crippen molar-refractivity contribution in [1.82, 2.24) is 0 Å². The number of ether oxygens (including phenoxy) is 2. The highest BCUT2D eigenvalue weighted by Crippen LogP contribution is 2.31. The van der Waals surface area contributed by atoms with Crippen LogP contribution in [0.5, 0.6) is 5.75 Å². The van der Waals surface area contributed by atoms with Crippen LogP contribution in [-0.4, -0.2) is 48.1 Å². The van der Waals surface area contributed by atoms with Crippen molar-refractivity contribution in [3.8, 4) is 5.75 Å². The maximum atomic E-state index is 13.4. The number of amidine groups is 1. The van der Waals surface area contributed by atoms with Gasteiger partial charge in [-0.15, -0.1) is 0 Å². The fourth-order valence-corrected chi connectivity index (χ4v) is 4.42. The van der Waals surface area contributed by atoms with Crippen molar-refractivity contribution in [3.05, 3.63) is 82.4 Å². The van der Waals surface area contributed by atoms with Gasteiger partial charge in [0.05, 0.1) is 24.8 Å². The highest BCUT2D eigenvalue weighted by atomic mass is 16.5. The molecule has 0 saturated heterocycles. The number of oxime groups is 1. The molecule has 2 amide bonds. The lowest BCUT2D eigenvalue weighted by atomic mass is 9.99. The number of carbonyl (C=O) groups excluding carboxylic acids is 3. The van der Waals surface area contributed by atoms with Crippen molar-refractivity contribution >= 4 is 40.7 Å². The molecule has 44 heavy (non-hydrogen) atoms. The number of nitrogens with two attached hydrogens (primary N) is 2. The fourth-order valence-electron chi connectivity index (χ4n) is 4.42. The minimum absolute atomic E-state index is 0.0386. The van der Waals surface area contributed by atoms with E-state index in [1.54, 1.807) is 49.4 Å². The number of carbonyl (C=O) groups is 3. The molecule has 0 radical (unpaired) electrons. The summed E-state index contributed by atoms with van der Waals surface area (Å²) in [6, 6.07) is 15.6. The van der Waals surface area contributed by atoms with E-state index in [-0.39, 0.29) is 55.8 Å². The van der Waals surface area contributed by atoms with Gasteiger partial charge in [0.2, 0.25) is 5.91 Å². The zero-order valence-electron chi connectivity index (χ0n) is 25.4. The standard InChI is InChI=1S/C32H40N6O6/c1-5-43-30(40)13-11-25-22(15-24(36-29(39)17-33)16-28(25)44-19(2)3)18-35-27-12-6-20(4)14-26(27)32(41)37-23-9-7-21(8-10-23)31(34)38-42/h6-10,12,14-16,19,35,42H,5,11,13,17-18,33H2,1-4H3,(H2,34,38)(H,36,39)(H,37,41). The van der Waals surface area contributed by atoms with Gasteiger partial charge in [0.15, 0.2) is 5.84 Å². The van der Waals surface area contributed by atoms with Crippen molar-refractivity contribution in [2.24, 2.45) is 16.6 Å². The third-order valence-corrected chi connectivity index (χ3v) is 6.45. The van der Waals surface area contributed by atoms with Gasteiger partial charge in [0.1, 0.15) is 5.75 Å². The van der Waals surface area contributed by atoms with Crippen LogP contribution >= 0.6 is 0 Å². The van der Waals surface area contributed by atoms with E-state index in [2.05, 4.69) is 21.1 Å². The van der Waals surface area contributed by atoms with Crippen molar-refractivity contribution in [2.45, 2.75) is 53.2 Å². The maximum Gasteiger partial charge on any atom is 0.306 e. The van der Waals surface area contributed by atoms with Gasteiger partial charge in [-0.3, -0.25) is 14.4 Å². The van der Waals surface area contributed by atoms with Gasteiger partial charge in [-0.05, 0) is 87.7 Å². The minimum atomic E-state index is -0.365. The van der Waals surface area contributed by atoms with Gasteiger partial charge in [0, 0.05) is 41.7 Å². The molecule has 0 aliphatic rings. The van der Waals surface area contributed by atoms with Gasteiger partial charge >= 0.3 is 5.97 Å². The lowest BCUT2D eigenvalue weighted by Gasteiger charge is -2.21. The summed E-state index contributed by atoms with van der Waals surface area (Å²) >= 11 is 0. The molecule has 234 valence electrons. The maximum absolute atomic E-state index is 13.4. The van der Waals surface area contributed by atoms with E-state index in [4.69, 9.17) is 26.1 Å². The minimum Gasteiger partial charge on any atom is -0.491 e. The van der Waals surface area contributed by atoms with Crippen LogP contribution in [0.2, 0.25) is 0 Å². The second-order valence-electron chi connectivity index (χ2n) is 10.3. The number of nitrogens with one attached hydrogen (secondary N) is 3. The Kier molecular flexibility index (Phi) is 12.1. The Morgan fingerprint density at radius 3 is 2.36 bits per heavy atom. The van der Waals surface area contributed by atoms with Gasteiger partial charge in [0.25, 0.3) is 5.91 Å². The van der Waals surface area contributed by atoms with Gasteiger partial charge < -0.3 is 42.1 Å². The second-order valence-corrected chi connectivity index (χ2v) is 10.3. The van der Waals surface area contributed by atoms with Crippen LogP contribution < -0.4 is 32.2 Å². The summed E-state index contributed by atoms with van der Waals surface area (Å²) in [5.74, 6) is -0.561. The fraction of sp³-hybridized carbons (Fsp3) is 0.312. The quantitative estimate of drug-likeness (QED) is 0.0516. The molecule has 0 unspecified atom stereocenters. The molecular weight excluding hydrogens is 564 g/mol. The number of hydrogen-bond donors (Lipinski definition) is 6. The Bertz CT molecular complexity index is 1500. The van der Waals surface area contributed by atoms with E-state index in [0.29, 0.717) is 40.4 Å². The lowest BCUT2D eigenvalue weighted by molar-refractivity contribution is -0.143. The summed E-state index contributed by atoms with van der Waals surface area (Å²) in [6.45, 7) is 7.75. The average molecular weight is 605 g/mol. The van der Waals surface area contributed by atoms with E-state index in [9.17, 15) is 14.4 Å². The number of benzene rings is 3. The van der Waals surface area contributed by atoms with Crippen LogP contribution in [-0.2, 0) is 27.3 Å². The van der Waals surface area contributed by atoms with E-state index in [0.717, 1.165) is 16.7 Å². The molecular formula is C32H40N6O6. The van der Waals surface area contributed by atoms with Gasteiger partial charge in [-0.2, -0.15) is 0 Å². The van der Waals surface area contributed by atoms with E-state index in [1.165, 1.54) is 0 Å². The summed E-state index contributed by atoms with van der Waals surface area (Å²) in [5, 5.41) is 20.9. The Labute approximate surface area is 256 Å². The van der Waals surface area contributed by atoms with Crippen molar-refractivity contribution in [2.75, 3.05) is 29.1 Å². The van der Waals surface area contributed by atoms with E-state index in [1.807, 2.05) is 32.9 Å². The smallest absolute Gasteiger partial charge is 0.306 e. The number of rotatable bonds is 14. The first kappa shape index (κ1) is 33.4. The molecule has 0 saturated carbocycles. The SMILES string of the molecule is CCOC(=O)CCc1c(CNc2ccc(C)cc2C(=O)Nc2ccc(/C(N)=N/O)cc2)cc(NC(=O)CN)cc1OC(C)C. The monoisotopic (exact) mass is 604 g/mol. The predicted octanol–water partition coefficient (Wildman–Crippen LogP) is 4.13. The zero-order valence-corrected chi connectivity index (χ0v) is 25.4. The molecule has 0 bridgehead atoms. The van der Waals surface area contributed by atoms with Crippen molar-refractivity contribution in [3.63, 3.8) is 0 Å². The third kappa shape index (κ3) is 9.46. The summed E-state index contributed by atoms with van der Waals surface area (Å²) in [5.41, 5.74) is 16.1. The summed E-state index contributed by atoms with van der Waals surface area (Å²) in [6.07, 6.45) is 0.300. The Morgan fingerprint density at radius 2 is 1.73 bits per heavy atom. The normalized spacial score (nSPS) is 11.2. The molecule has 0 aliphatic heterocycles. The molecule has 3 aromatic rings. The van der Waals surface area contributed by atoms with Crippen LogP contribution in [0.4, 0.5) is 17.1 Å². The third-order valence-electron chi connectivity index (χ3n) is 6.45. The van der Waals surface area contributed by atoms with E-state index >= 15 is 0 Å². The lowest BCUT2D eigenvalue weighted by Crippen LogP contribution is -2.22. The van der Waals surface area contributed by atoms with Crippen LogP contribution in [0.25, 0.3) is 0 Å². The summed E-state index contributed by atoms with van der Waals surface area (Å²) in [4.78, 5) is 37.8. The highest BCUT2D eigenvalue weighted by molar-refractivity contribution is 6.08. The second kappa shape index (κ2) is 15.9. The molecule has 3 rings (SSSR count). The summed E-state index contributed by atoms with van der Waals surface area (Å²) < 4.78 is 11.2. The van der Waals surface area contributed by atoms with Crippen molar-refractivity contribution < 1.29 is 29.1 Å². The van der Waals surface area contributed by atoms with Crippen LogP contribution in [0.3, 0.4) is 0 Å². The van der Waals surface area contributed by atoms with E-state index < -0.39 is 0 Å². The number of nitrogens with zero attached hydrogens (tertiary/aromatic N) is 1. The Morgan fingerprint density at radius 1 is 1.00 bits per heavy atom. The zero-order chi connectivity index (χ0) is 32.2. The molecule has 12 nitrogen and oxygen atoms in total. The number of hydrogen-bond acceptors (Lipinski definition) is 9. The Balaban J connectivity index is 1.94. The summed E-state index contributed by atoms with van der Waals surface area (Å²) in [7, 11) is 0. The molecule has 8 N–H and O–H groups in total. The number of aryl methyl sites for hydroxylation is 1. The molecule has 12 heteroatoms. The van der Waals surface area contributed by atoms with Crippen LogP contribution in [0.1, 0.15) is 59.8 Å². The molecule has 3 aromatic carbocycles. The molecule has 0 fully saturated rings. The largest absolute Gasteiger partial charge is 0.491 e. The number of esters is 1. The topological polar surface area (TPSA) is 190 Å². The molecule has 0 aliphatic carbocycles. The highest BCUT2D eigenvalue weighted by Gasteiger charge is 2.18. The average Bonchev–Trinajstić information content (AvgIpc) is 2.99. The first-order chi connectivity index (χ1) is 21.0. The first-order valence-electron chi connectivity index (χ1n) is 14.3. The van der Waals surface area contributed by atoms with Crippen LogP contribution in [0, 0.1) is 6.92 Å². The van der Waals surface area contributed by atoms with Gasteiger partial charge in [-0.25, -0.2) is 0 Å². The molecule has 0 spiro atoms. The van der Waals surface area contributed by atoms with Gasteiger partial charge in [-0.1, -0.05) is 16.8 Å². The van der Waals surface area contributed by atoms with Crippen molar-refractivity contribution in [1.29, 1.82) is 0 Å². The first-order valence-corrected chi connectivity index (χ1v) is 14.3.